The summed E-state index contributed by atoms with van der Waals surface area (Å²) >= 11 is 0. The van der Waals surface area contributed by atoms with Crippen molar-refractivity contribution in [2.45, 2.75) is 63.6 Å². The molecule has 6 rings (SSSR count). The predicted molar refractivity (Wildman–Crippen MR) is 136 cm³/mol. The number of carbonyl (C=O) groups is 1. The van der Waals surface area contributed by atoms with Crippen LogP contribution >= 0.6 is 0 Å². The highest BCUT2D eigenvalue weighted by Crippen LogP contribution is 2.49. The Hall–Kier alpha value is -3.33. The summed E-state index contributed by atoms with van der Waals surface area (Å²) in [7, 11) is 0. The van der Waals surface area contributed by atoms with E-state index in [0.29, 0.717) is 6.61 Å². The molecule has 2 aliphatic heterocycles. The van der Waals surface area contributed by atoms with Gasteiger partial charge in [-0.1, -0.05) is 86.7 Å². The van der Waals surface area contributed by atoms with Gasteiger partial charge in [0.25, 0.3) is 0 Å². The van der Waals surface area contributed by atoms with Crippen LogP contribution in [-0.4, -0.2) is 23.1 Å². The van der Waals surface area contributed by atoms with Gasteiger partial charge in [0, 0.05) is 11.5 Å². The standard InChI is InChI=1S/C31H31NO2/c1-31(2)28-14-7-6-13-26(28)27-16-15-22(19-29(27)31)23-17-24-11-8-12-25(18-23)32(24)30(33)34-20-21-9-4-3-5-10-21/h3-7,9-10,13-17,19,24-25H,8,11-12,18,20H2,1-2H3. The molecule has 1 aliphatic carbocycles. The summed E-state index contributed by atoms with van der Waals surface area (Å²) in [5.41, 5.74) is 9.22. The molecule has 3 nitrogen and oxygen atoms in total. The highest BCUT2D eigenvalue weighted by atomic mass is 16.6. The van der Waals surface area contributed by atoms with Gasteiger partial charge in [0.1, 0.15) is 6.61 Å². The lowest BCUT2D eigenvalue weighted by Gasteiger charge is -2.44. The molecule has 3 heteroatoms. The van der Waals surface area contributed by atoms with Gasteiger partial charge < -0.3 is 4.74 Å². The minimum atomic E-state index is -0.181. The van der Waals surface area contributed by atoms with Crippen molar-refractivity contribution in [3.63, 3.8) is 0 Å². The molecule has 0 radical (unpaired) electrons. The molecule has 3 aromatic carbocycles. The van der Waals surface area contributed by atoms with E-state index in [-0.39, 0.29) is 23.6 Å². The molecule has 2 atom stereocenters. The lowest BCUT2D eigenvalue weighted by Crippen LogP contribution is -2.51. The van der Waals surface area contributed by atoms with Crippen LogP contribution in [0.25, 0.3) is 16.7 Å². The summed E-state index contributed by atoms with van der Waals surface area (Å²) in [4.78, 5) is 15.1. The number of benzene rings is 3. The number of carbonyl (C=O) groups excluding carboxylic acids is 1. The molecule has 1 fully saturated rings. The Kier molecular flexibility index (Phi) is 5.09. The molecule has 2 unspecified atom stereocenters. The van der Waals surface area contributed by atoms with Crippen molar-refractivity contribution in [1.29, 1.82) is 0 Å². The number of piperidine rings is 1. The van der Waals surface area contributed by atoms with Gasteiger partial charge in [0.15, 0.2) is 0 Å². The van der Waals surface area contributed by atoms with Crippen molar-refractivity contribution in [3.8, 4) is 11.1 Å². The van der Waals surface area contributed by atoms with E-state index in [0.717, 1.165) is 31.2 Å². The van der Waals surface area contributed by atoms with E-state index in [4.69, 9.17) is 4.74 Å². The Morgan fingerprint density at radius 2 is 1.71 bits per heavy atom. The summed E-state index contributed by atoms with van der Waals surface area (Å²) in [5, 5.41) is 0. The fourth-order valence-corrected chi connectivity index (χ4v) is 6.23. The van der Waals surface area contributed by atoms with E-state index < -0.39 is 0 Å². The maximum absolute atomic E-state index is 13.1. The van der Waals surface area contributed by atoms with Crippen molar-refractivity contribution in [2.75, 3.05) is 0 Å². The zero-order valence-corrected chi connectivity index (χ0v) is 20.0. The summed E-state index contributed by atoms with van der Waals surface area (Å²) < 4.78 is 5.73. The van der Waals surface area contributed by atoms with Crippen LogP contribution in [0.2, 0.25) is 0 Å². The number of hydrogen-bond donors (Lipinski definition) is 0. The predicted octanol–water partition coefficient (Wildman–Crippen LogP) is 7.34. The first-order valence-electron chi connectivity index (χ1n) is 12.5. The molecule has 0 aromatic heterocycles. The molecule has 172 valence electrons. The van der Waals surface area contributed by atoms with Crippen LogP contribution in [-0.2, 0) is 16.8 Å². The quantitative estimate of drug-likeness (QED) is 0.419. The maximum atomic E-state index is 13.1. The van der Waals surface area contributed by atoms with Gasteiger partial charge in [-0.15, -0.1) is 0 Å². The minimum absolute atomic E-state index is 0.000311. The molecule has 34 heavy (non-hydrogen) atoms. The first kappa shape index (κ1) is 21.2. The maximum Gasteiger partial charge on any atom is 0.410 e. The van der Waals surface area contributed by atoms with Crippen LogP contribution in [0.4, 0.5) is 4.79 Å². The van der Waals surface area contributed by atoms with E-state index in [1.54, 1.807) is 0 Å². The molecule has 1 amide bonds. The second kappa shape index (κ2) is 8.16. The Balaban J connectivity index is 1.27. The molecule has 3 aromatic rings. The van der Waals surface area contributed by atoms with Crippen molar-refractivity contribution in [3.05, 3.63) is 101 Å². The number of amides is 1. The number of fused-ring (bicyclic) bond motifs is 5. The van der Waals surface area contributed by atoms with E-state index in [9.17, 15) is 4.79 Å². The molecule has 2 bridgehead atoms. The average molecular weight is 450 g/mol. The Morgan fingerprint density at radius 1 is 0.941 bits per heavy atom. The number of nitrogens with zero attached hydrogens (tertiary/aromatic N) is 1. The second-order valence-electron chi connectivity index (χ2n) is 10.4. The smallest absolute Gasteiger partial charge is 0.410 e. The van der Waals surface area contributed by atoms with Crippen LogP contribution < -0.4 is 0 Å². The van der Waals surface area contributed by atoms with Crippen LogP contribution in [0.5, 0.6) is 0 Å². The van der Waals surface area contributed by atoms with E-state index >= 15 is 0 Å². The van der Waals surface area contributed by atoms with Crippen LogP contribution in [0, 0.1) is 0 Å². The van der Waals surface area contributed by atoms with Gasteiger partial charge in [-0.3, -0.25) is 4.90 Å². The summed E-state index contributed by atoms with van der Waals surface area (Å²) in [6.45, 7) is 4.98. The molecule has 1 saturated heterocycles. The van der Waals surface area contributed by atoms with E-state index in [1.807, 2.05) is 35.2 Å². The molecule has 0 saturated carbocycles. The van der Waals surface area contributed by atoms with Crippen molar-refractivity contribution >= 4 is 11.7 Å². The summed E-state index contributed by atoms with van der Waals surface area (Å²) in [6, 6.07) is 26.0. The fraction of sp³-hybridized carbons (Fsp3) is 0.323. The van der Waals surface area contributed by atoms with Gasteiger partial charge in [0.05, 0.1) is 6.04 Å². The van der Waals surface area contributed by atoms with Gasteiger partial charge in [0.2, 0.25) is 0 Å². The monoisotopic (exact) mass is 449 g/mol. The number of hydrogen-bond acceptors (Lipinski definition) is 2. The Morgan fingerprint density at radius 3 is 2.53 bits per heavy atom. The van der Waals surface area contributed by atoms with Gasteiger partial charge >= 0.3 is 6.09 Å². The number of rotatable bonds is 3. The van der Waals surface area contributed by atoms with Gasteiger partial charge in [-0.25, -0.2) is 4.79 Å². The van der Waals surface area contributed by atoms with Crippen LogP contribution in [0.1, 0.15) is 61.8 Å². The topological polar surface area (TPSA) is 29.5 Å². The summed E-state index contributed by atoms with van der Waals surface area (Å²) in [5.74, 6) is 0. The minimum Gasteiger partial charge on any atom is -0.445 e. The highest BCUT2D eigenvalue weighted by molar-refractivity contribution is 5.83. The van der Waals surface area contributed by atoms with Gasteiger partial charge in [-0.2, -0.15) is 0 Å². The molecule has 0 spiro atoms. The molecule has 3 aliphatic rings. The molecular formula is C31H31NO2. The molecular weight excluding hydrogens is 418 g/mol. The zero-order valence-electron chi connectivity index (χ0n) is 20.0. The Labute approximate surface area is 202 Å². The molecule has 0 N–H and O–H groups in total. The first-order chi connectivity index (χ1) is 16.5. The lowest BCUT2D eigenvalue weighted by atomic mass is 9.79. The lowest BCUT2D eigenvalue weighted by molar-refractivity contribution is 0.0510. The normalized spacial score (nSPS) is 21.9. The second-order valence-corrected chi connectivity index (χ2v) is 10.4. The van der Waals surface area contributed by atoms with Crippen molar-refractivity contribution in [2.24, 2.45) is 0 Å². The van der Waals surface area contributed by atoms with Crippen molar-refractivity contribution < 1.29 is 9.53 Å². The van der Waals surface area contributed by atoms with Gasteiger partial charge in [-0.05, 0) is 70.7 Å². The number of ether oxygens (including phenoxy) is 1. The van der Waals surface area contributed by atoms with Crippen LogP contribution in [0.15, 0.2) is 78.9 Å². The van der Waals surface area contributed by atoms with E-state index in [2.05, 4.69) is 62.4 Å². The molecule has 2 heterocycles. The third-order valence-corrected chi connectivity index (χ3v) is 8.01. The van der Waals surface area contributed by atoms with E-state index in [1.165, 1.54) is 33.4 Å². The Bertz CT molecular complexity index is 1270. The highest BCUT2D eigenvalue weighted by Gasteiger charge is 2.39. The van der Waals surface area contributed by atoms with Crippen molar-refractivity contribution in [1.82, 2.24) is 4.90 Å². The first-order valence-corrected chi connectivity index (χ1v) is 12.5. The fourth-order valence-electron chi connectivity index (χ4n) is 6.23. The largest absolute Gasteiger partial charge is 0.445 e. The SMILES string of the molecule is CC1(C)c2ccccc2-c2ccc(C3=CC4CCCC(C3)N4C(=O)OCc3ccccc3)cc21. The summed E-state index contributed by atoms with van der Waals surface area (Å²) in [6.07, 6.45) is 6.24. The third kappa shape index (κ3) is 3.46. The zero-order chi connectivity index (χ0) is 23.3. The van der Waals surface area contributed by atoms with Crippen LogP contribution in [0.3, 0.4) is 0 Å². The average Bonchev–Trinajstić information content (AvgIpc) is 3.09. The third-order valence-electron chi connectivity index (χ3n) is 8.01.